The van der Waals surface area contributed by atoms with E-state index < -0.39 is 30.4 Å². The number of ether oxygens (including phenoxy) is 2. The largest absolute Gasteiger partial charge is 0.441 e. The molecule has 1 aliphatic carbocycles. The van der Waals surface area contributed by atoms with Gasteiger partial charge in [0.1, 0.15) is 11.8 Å². The topological polar surface area (TPSA) is 122 Å². The van der Waals surface area contributed by atoms with Crippen molar-refractivity contribution in [2.75, 3.05) is 25.0 Å². The first-order valence-electron chi connectivity index (χ1n) is 11.7. The molecule has 5 heterocycles. The fourth-order valence-electron chi connectivity index (χ4n) is 4.41. The van der Waals surface area contributed by atoms with Crippen molar-refractivity contribution in [2.45, 2.75) is 56.2 Å². The zero-order chi connectivity index (χ0) is 25.1. The van der Waals surface area contributed by atoms with E-state index in [-0.39, 0.29) is 25.2 Å². The number of likely N-dealkylation sites (tertiary alicyclic amines) is 1. The number of nitrogens with zero attached hydrogens (tertiary/aromatic N) is 5. The number of halogens is 3. The summed E-state index contributed by atoms with van der Waals surface area (Å²) in [5.74, 6) is -1.88. The molecule has 2 aliphatic heterocycles. The molecule has 36 heavy (non-hydrogen) atoms. The molecular formula is C22H25F3N8O3. The van der Waals surface area contributed by atoms with Gasteiger partial charge in [-0.15, -0.1) is 0 Å². The van der Waals surface area contributed by atoms with Gasteiger partial charge in [-0.3, -0.25) is 14.4 Å². The quantitative estimate of drug-likeness (QED) is 0.447. The minimum Gasteiger partial charge on any atom is -0.441 e. The summed E-state index contributed by atoms with van der Waals surface area (Å²) >= 11 is 0. The smallest absolute Gasteiger partial charge is 0.408 e. The van der Waals surface area contributed by atoms with E-state index in [9.17, 15) is 13.6 Å². The van der Waals surface area contributed by atoms with Crippen molar-refractivity contribution in [1.29, 1.82) is 0 Å². The van der Waals surface area contributed by atoms with Crippen LogP contribution < -0.4 is 10.6 Å². The number of fused-ring (bicyclic) bond motifs is 1. The number of aromatic nitrogens is 5. The number of aromatic amines is 1. The van der Waals surface area contributed by atoms with Gasteiger partial charge < -0.3 is 20.1 Å². The summed E-state index contributed by atoms with van der Waals surface area (Å²) in [6.45, 7) is 1.58. The van der Waals surface area contributed by atoms with E-state index in [1.807, 2.05) is 6.92 Å². The molecular weight excluding hydrogens is 481 g/mol. The molecule has 3 aromatic heterocycles. The number of hydrogen-bond donors (Lipinski definition) is 3. The van der Waals surface area contributed by atoms with Gasteiger partial charge in [0.2, 0.25) is 5.95 Å². The Morgan fingerprint density at radius 2 is 2.17 bits per heavy atom. The first-order chi connectivity index (χ1) is 17.2. The molecule has 3 aliphatic rings. The van der Waals surface area contributed by atoms with Crippen LogP contribution in [0.5, 0.6) is 0 Å². The lowest BCUT2D eigenvalue weighted by atomic mass is 10.1. The van der Waals surface area contributed by atoms with Crippen molar-refractivity contribution in [2.24, 2.45) is 0 Å². The van der Waals surface area contributed by atoms with Gasteiger partial charge in [-0.25, -0.2) is 27.9 Å². The second-order valence-corrected chi connectivity index (χ2v) is 9.89. The summed E-state index contributed by atoms with van der Waals surface area (Å²) in [6, 6.07) is 3.29. The third kappa shape index (κ3) is 4.57. The number of imidazole rings is 1. The number of alkyl halides is 3. The molecule has 0 aromatic carbocycles. The SMILES string of the molecule is CC1(NC(=O)O[C@@H]2CO[C@H](c3cc(Nc4nccc5nc(CN6CC(F)(F)C6)cn45)n[nH]3)[C@@H]2F)CC1. The lowest BCUT2D eigenvalue weighted by molar-refractivity contribution is -0.134. The summed E-state index contributed by atoms with van der Waals surface area (Å²) in [5, 5.41) is 12.7. The first kappa shape index (κ1) is 23.0. The molecule has 0 radical (unpaired) electrons. The van der Waals surface area contributed by atoms with E-state index >= 15 is 4.39 Å². The average molecular weight is 506 g/mol. The third-order valence-corrected chi connectivity index (χ3v) is 6.62. The number of carbonyl (C=O) groups excluding carboxylic acids is 1. The number of amides is 1. The molecule has 3 aromatic rings. The summed E-state index contributed by atoms with van der Waals surface area (Å²) < 4.78 is 53.7. The number of carbonyl (C=O) groups is 1. The number of anilines is 2. The van der Waals surface area contributed by atoms with Crippen molar-refractivity contribution in [1.82, 2.24) is 34.8 Å². The number of alkyl carbamates (subject to hydrolysis) is 1. The van der Waals surface area contributed by atoms with Gasteiger partial charge in [0.25, 0.3) is 5.92 Å². The minimum atomic E-state index is -2.64. The van der Waals surface area contributed by atoms with Crippen LogP contribution in [0, 0.1) is 0 Å². The van der Waals surface area contributed by atoms with Crippen LogP contribution in [0.1, 0.15) is 37.3 Å². The zero-order valence-electron chi connectivity index (χ0n) is 19.4. The highest BCUT2D eigenvalue weighted by Gasteiger charge is 2.45. The van der Waals surface area contributed by atoms with E-state index in [0.717, 1.165) is 12.8 Å². The molecule has 14 heteroatoms. The monoisotopic (exact) mass is 506 g/mol. The summed E-state index contributed by atoms with van der Waals surface area (Å²) in [7, 11) is 0. The lowest BCUT2D eigenvalue weighted by Crippen LogP contribution is -2.55. The highest BCUT2D eigenvalue weighted by atomic mass is 19.3. The zero-order valence-corrected chi connectivity index (χ0v) is 19.4. The van der Waals surface area contributed by atoms with Crippen LogP contribution in [0.25, 0.3) is 5.65 Å². The van der Waals surface area contributed by atoms with Crippen molar-refractivity contribution < 1.29 is 27.4 Å². The summed E-state index contributed by atoms with van der Waals surface area (Å²) in [5.41, 5.74) is 1.34. The first-order valence-corrected chi connectivity index (χ1v) is 11.7. The molecule has 2 saturated heterocycles. The van der Waals surface area contributed by atoms with Crippen molar-refractivity contribution in [3.8, 4) is 0 Å². The maximum atomic E-state index is 15.0. The van der Waals surface area contributed by atoms with E-state index in [1.165, 1.54) is 0 Å². The second kappa shape index (κ2) is 8.34. The average Bonchev–Trinajstić information content (AvgIpc) is 3.14. The number of H-pyrrole nitrogens is 1. The summed E-state index contributed by atoms with van der Waals surface area (Å²) in [6.07, 6.45) is 0.810. The maximum Gasteiger partial charge on any atom is 0.408 e. The van der Waals surface area contributed by atoms with E-state index in [4.69, 9.17) is 9.47 Å². The van der Waals surface area contributed by atoms with Gasteiger partial charge in [-0.1, -0.05) is 0 Å². The second-order valence-electron chi connectivity index (χ2n) is 9.89. The van der Waals surface area contributed by atoms with E-state index in [1.54, 1.807) is 33.8 Å². The summed E-state index contributed by atoms with van der Waals surface area (Å²) in [4.78, 5) is 22.4. The number of hydrogen-bond acceptors (Lipinski definition) is 8. The molecule has 1 saturated carbocycles. The fourth-order valence-corrected chi connectivity index (χ4v) is 4.41. The fraction of sp³-hybridized carbons (Fsp3) is 0.545. The van der Waals surface area contributed by atoms with Gasteiger partial charge in [0, 0.05) is 30.5 Å². The van der Waals surface area contributed by atoms with Crippen LogP contribution in [-0.4, -0.2) is 79.0 Å². The molecule has 6 rings (SSSR count). The molecule has 0 bridgehead atoms. The molecule has 3 atom stereocenters. The van der Waals surface area contributed by atoms with Crippen LogP contribution >= 0.6 is 0 Å². The molecule has 11 nitrogen and oxygen atoms in total. The molecule has 1 amide bonds. The Kier molecular flexibility index (Phi) is 5.33. The standard InChI is InChI=1S/C22H25F3N8O3/c1-21(3-4-21)29-20(34)36-14-9-35-18(17(14)23)13-6-15(31-30-13)28-19-26-5-2-16-27-12(8-33(16)19)7-32-10-22(24,25)11-32/h2,5-6,8,14,17-18H,3-4,7,9-11H2,1H3,(H,29,34)(H2,26,28,30,31)/t14-,17-,18-/m1/s1. The van der Waals surface area contributed by atoms with Crippen molar-refractivity contribution >= 4 is 23.5 Å². The van der Waals surface area contributed by atoms with Crippen LogP contribution in [0.2, 0.25) is 0 Å². The van der Waals surface area contributed by atoms with Crippen LogP contribution in [-0.2, 0) is 16.0 Å². The van der Waals surface area contributed by atoms with Gasteiger partial charge in [-0.05, 0) is 25.8 Å². The van der Waals surface area contributed by atoms with Crippen LogP contribution in [0.15, 0.2) is 24.5 Å². The Hall–Kier alpha value is -3.39. The van der Waals surface area contributed by atoms with E-state index in [2.05, 4.69) is 30.8 Å². The highest BCUT2D eigenvalue weighted by molar-refractivity contribution is 5.69. The Balaban J connectivity index is 1.10. The number of rotatable bonds is 7. The highest BCUT2D eigenvalue weighted by Crippen LogP contribution is 2.36. The van der Waals surface area contributed by atoms with Crippen molar-refractivity contribution in [3.63, 3.8) is 0 Å². The van der Waals surface area contributed by atoms with Gasteiger partial charge in [-0.2, -0.15) is 5.10 Å². The third-order valence-electron chi connectivity index (χ3n) is 6.62. The molecule has 3 fully saturated rings. The molecule has 3 N–H and O–H groups in total. The lowest BCUT2D eigenvalue weighted by Gasteiger charge is -2.38. The Morgan fingerprint density at radius 1 is 1.36 bits per heavy atom. The predicted molar refractivity (Wildman–Crippen MR) is 120 cm³/mol. The number of nitrogens with one attached hydrogen (secondary N) is 3. The van der Waals surface area contributed by atoms with Crippen LogP contribution in [0.4, 0.5) is 29.7 Å². The van der Waals surface area contributed by atoms with Gasteiger partial charge >= 0.3 is 6.09 Å². The Labute approximate surface area is 203 Å². The van der Waals surface area contributed by atoms with Gasteiger partial charge in [0.05, 0.1) is 31.1 Å². The van der Waals surface area contributed by atoms with E-state index in [0.29, 0.717) is 35.3 Å². The Bertz CT molecular complexity index is 1280. The molecule has 192 valence electrons. The van der Waals surface area contributed by atoms with Gasteiger partial charge in [0.15, 0.2) is 18.1 Å². The molecule has 0 spiro atoms. The van der Waals surface area contributed by atoms with Crippen LogP contribution in [0.3, 0.4) is 0 Å². The van der Waals surface area contributed by atoms with Crippen molar-refractivity contribution in [3.05, 3.63) is 35.9 Å². The normalized spacial score (nSPS) is 26.5. The maximum absolute atomic E-state index is 15.0. The minimum absolute atomic E-state index is 0.0701. The molecule has 0 unspecified atom stereocenters. The predicted octanol–water partition coefficient (Wildman–Crippen LogP) is 2.70. The Morgan fingerprint density at radius 3 is 2.92 bits per heavy atom.